The van der Waals surface area contributed by atoms with Crippen LogP contribution in [0.4, 0.5) is 0 Å². The third kappa shape index (κ3) is 8.72. The van der Waals surface area contributed by atoms with Crippen molar-refractivity contribution in [2.24, 2.45) is 11.8 Å². The molecule has 1 aromatic carbocycles. The van der Waals surface area contributed by atoms with Gasteiger partial charge in [-0.1, -0.05) is 32.9 Å². The summed E-state index contributed by atoms with van der Waals surface area (Å²) < 4.78 is 12.3. The van der Waals surface area contributed by atoms with Crippen molar-refractivity contribution in [2.75, 3.05) is 46.3 Å². The van der Waals surface area contributed by atoms with Gasteiger partial charge in [-0.25, -0.2) is 0 Å². The maximum atomic E-state index is 6.27. The van der Waals surface area contributed by atoms with Crippen molar-refractivity contribution in [2.45, 2.75) is 72.8 Å². The van der Waals surface area contributed by atoms with E-state index in [1.165, 1.54) is 5.56 Å². The average molecular weight is 434 g/mol. The van der Waals surface area contributed by atoms with Crippen molar-refractivity contribution in [1.82, 2.24) is 15.1 Å². The van der Waals surface area contributed by atoms with E-state index < -0.39 is 0 Å². The Balaban J connectivity index is 1.76. The summed E-state index contributed by atoms with van der Waals surface area (Å²) in [6, 6.07) is 8.98. The molecule has 5 nitrogen and oxygen atoms in total. The summed E-state index contributed by atoms with van der Waals surface area (Å²) in [4.78, 5) is 4.93. The first-order valence-electron chi connectivity index (χ1n) is 12.3. The molecule has 1 fully saturated rings. The number of benzene rings is 1. The maximum Gasteiger partial charge on any atom is 0.119 e. The van der Waals surface area contributed by atoms with Gasteiger partial charge >= 0.3 is 0 Å². The zero-order valence-corrected chi connectivity index (χ0v) is 21.1. The van der Waals surface area contributed by atoms with E-state index in [1.54, 1.807) is 0 Å². The van der Waals surface area contributed by atoms with Crippen LogP contribution in [0.5, 0.6) is 5.75 Å². The van der Waals surface area contributed by atoms with Crippen LogP contribution >= 0.6 is 0 Å². The minimum Gasteiger partial charge on any atom is -0.491 e. The van der Waals surface area contributed by atoms with Gasteiger partial charge in [0.2, 0.25) is 0 Å². The monoisotopic (exact) mass is 433 g/mol. The predicted octanol–water partition coefficient (Wildman–Crippen LogP) is 4.27. The fourth-order valence-corrected chi connectivity index (χ4v) is 4.18. The predicted molar refractivity (Wildman–Crippen MR) is 131 cm³/mol. The van der Waals surface area contributed by atoms with Gasteiger partial charge in [-0.3, -0.25) is 4.90 Å². The summed E-state index contributed by atoms with van der Waals surface area (Å²) in [5.41, 5.74) is 1.20. The Kier molecular flexibility index (Phi) is 11.3. The lowest BCUT2D eigenvalue weighted by Crippen LogP contribution is -2.50. The number of hydrogen-bond donors (Lipinski definition) is 1. The highest BCUT2D eigenvalue weighted by atomic mass is 16.5. The molecule has 0 bridgehead atoms. The minimum absolute atomic E-state index is 0.219. The van der Waals surface area contributed by atoms with E-state index in [0.29, 0.717) is 24.5 Å². The molecule has 5 atom stereocenters. The van der Waals surface area contributed by atoms with E-state index in [1.807, 2.05) is 0 Å². The van der Waals surface area contributed by atoms with Gasteiger partial charge in [0.25, 0.3) is 0 Å². The number of nitrogens with one attached hydrogen (secondary N) is 1. The molecule has 0 aromatic heterocycles. The summed E-state index contributed by atoms with van der Waals surface area (Å²) in [6.45, 7) is 20.9. The largest absolute Gasteiger partial charge is 0.491 e. The molecule has 0 radical (unpaired) electrons. The van der Waals surface area contributed by atoms with Crippen LogP contribution in [0.3, 0.4) is 0 Å². The molecule has 5 heteroatoms. The Bertz CT molecular complexity index is 603. The van der Waals surface area contributed by atoms with Crippen LogP contribution in [0.15, 0.2) is 24.3 Å². The Morgan fingerprint density at radius 2 is 1.65 bits per heavy atom. The Labute approximate surface area is 191 Å². The third-order valence-corrected chi connectivity index (χ3v) is 7.29. The molecule has 2 rings (SSSR count). The number of ether oxygens (including phenoxy) is 2. The van der Waals surface area contributed by atoms with E-state index in [9.17, 15) is 0 Å². The van der Waals surface area contributed by atoms with Gasteiger partial charge in [0, 0.05) is 38.8 Å². The van der Waals surface area contributed by atoms with Gasteiger partial charge in [0.1, 0.15) is 5.75 Å². The molecule has 1 saturated heterocycles. The molecular weight excluding hydrogens is 386 g/mol. The lowest BCUT2D eigenvalue weighted by atomic mass is 9.85. The van der Waals surface area contributed by atoms with Gasteiger partial charge in [-0.15, -0.1) is 0 Å². The minimum atomic E-state index is 0.219. The zero-order chi connectivity index (χ0) is 22.8. The normalized spacial score (nSPS) is 20.3. The van der Waals surface area contributed by atoms with E-state index in [-0.39, 0.29) is 12.2 Å². The van der Waals surface area contributed by atoms with E-state index in [0.717, 1.165) is 51.4 Å². The van der Waals surface area contributed by atoms with Crippen molar-refractivity contribution in [3.05, 3.63) is 29.8 Å². The fraction of sp³-hybridized carbons (Fsp3) is 0.769. The topological polar surface area (TPSA) is 37.0 Å². The number of nitrogens with zero attached hydrogens (tertiary/aromatic N) is 2. The van der Waals surface area contributed by atoms with Crippen LogP contribution in [-0.4, -0.2) is 74.4 Å². The van der Waals surface area contributed by atoms with Crippen molar-refractivity contribution in [1.29, 1.82) is 0 Å². The summed E-state index contributed by atoms with van der Waals surface area (Å²) in [5.74, 6) is 2.04. The Morgan fingerprint density at radius 1 is 1.00 bits per heavy atom. The van der Waals surface area contributed by atoms with Crippen LogP contribution in [0.1, 0.15) is 53.5 Å². The summed E-state index contributed by atoms with van der Waals surface area (Å²) in [5, 5.41) is 3.45. The highest BCUT2D eigenvalue weighted by Gasteiger charge is 2.28. The van der Waals surface area contributed by atoms with Crippen molar-refractivity contribution >= 4 is 0 Å². The first kappa shape index (κ1) is 26.1. The summed E-state index contributed by atoms with van der Waals surface area (Å²) in [7, 11) is 2.15. The second-order valence-electron chi connectivity index (χ2n) is 9.52. The average Bonchev–Trinajstić information content (AvgIpc) is 2.80. The second kappa shape index (κ2) is 13.4. The molecule has 1 heterocycles. The van der Waals surface area contributed by atoms with E-state index in [2.05, 4.69) is 88.0 Å². The lowest BCUT2D eigenvalue weighted by molar-refractivity contribution is -0.0134. The van der Waals surface area contributed by atoms with Crippen LogP contribution in [0.25, 0.3) is 0 Å². The molecule has 1 aromatic rings. The van der Waals surface area contributed by atoms with Crippen molar-refractivity contribution in [3.63, 3.8) is 0 Å². The van der Waals surface area contributed by atoms with E-state index >= 15 is 0 Å². The molecule has 2 unspecified atom stereocenters. The lowest BCUT2D eigenvalue weighted by Gasteiger charge is -2.39. The van der Waals surface area contributed by atoms with Crippen LogP contribution in [-0.2, 0) is 11.3 Å². The molecule has 1 aliphatic rings. The van der Waals surface area contributed by atoms with Gasteiger partial charge in [0.15, 0.2) is 0 Å². The SMILES string of the molecule is CCN(C)CCC(C)Oc1ccc(CO[C@H](C)[C@@H](C)[C@H](C)C(C)N2CCNCC2)cc1. The van der Waals surface area contributed by atoms with E-state index in [4.69, 9.17) is 9.47 Å². The number of rotatable bonds is 13. The Morgan fingerprint density at radius 3 is 2.26 bits per heavy atom. The second-order valence-corrected chi connectivity index (χ2v) is 9.52. The molecular formula is C26H47N3O2. The molecule has 31 heavy (non-hydrogen) atoms. The van der Waals surface area contributed by atoms with Gasteiger partial charge in [0.05, 0.1) is 18.8 Å². The molecule has 0 aliphatic carbocycles. The van der Waals surface area contributed by atoms with Crippen molar-refractivity contribution < 1.29 is 9.47 Å². The first-order chi connectivity index (χ1) is 14.8. The highest BCUT2D eigenvalue weighted by Crippen LogP contribution is 2.25. The summed E-state index contributed by atoms with van der Waals surface area (Å²) >= 11 is 0. The van der Waals surface area contributed by atoms with Crippen LogP contribution in [0.2, 0.25) is 0 Å². The molecule has 1 aliphatic heterocycles. The molecule has 1 N–H and O–H groups in total. The standard InChI is InChI=1S/C26H47N3O2/c1-8-28(7)16-13-20(2)31-26-11-9-25(10-12-26)19-30-24(6)22(4)21(3)23(5)29-17-14-27-15-18-29/h9-12,20-24,27H,8,13-19H2,1-7H3/t20?,21-,22-,23?,24+/m0/s1. The molecule has 178 valence electrons. The molecule has 0 saturated carbocycles. The molecule has 0 amide bonds. The van der Waals surface area contributed by atoms with Crippen LogP contribution in [0, 0.1) is 11.8 Å². The number of piperazine rings is 1. The van der Waals surface area contributed by atoms with Gasteiger partial charge < -0.3 is 19.7 Å². The summed E-state index contributed by atoms with van der Waals surface area (Å²) in [6.07, 6.45) is 1.48. The zero-order valence-electron chi connectivity index (χ0n) is 21.1. The van der Waals surface area contributed by atoms with Gasteiger partial charge in [-0.05, 0) is 70.3 Å². The highest BCUT2D eigenvalue weighted by molar-refractivity contribution is 5.27. The third-order valence-electron chi connectivity index (χ3n) is 7.29. The fourth-order valence-electron chi connectivity index (χ4n) is 4.18. The maximum absolute atomic E-state index is 6.27. The van der Waals surface area contributed by atoms with Crippen LogP contribution < -0.4 is 10.1 Å². The smallest absolute Gasteiger partial charge is 0.119 e. The first-order valence-corrected chi connectivity index (χ1v) is 12.3. The van der Waals surface area contributed by atoms with Gasteiger partial charge in [-0.2, -0.15) is 0 Å². The quantitative estimate of drug-likeness (QED) is 0.503. The Hall–Kier alpha value is -1.14. The molecule has 0 spiro atoms. The number of hydrogen-bond acceptors (Lipinski definition) is 5. The van der Waals surface area contributed by atoms with Crippen molar-refractivity contribution in [3.8, 4) is 5.75 Å².